The summed E-state index contributed by atoms with van der Waals surface area (Å²) in [6.45, 7) is 0. The van der Waals surface area contributed by atoms with Crippen molar-refractivity contribution >= 4 is 5.97 Å². The van der Waals surface area contributed by atoms with Gasteiger partial charge in [-0.25, -0.2) is 0 Å². The van der Waals surface area contributed by atoms with Crippen molar-refractivity contribution in [2.75, 3.05) is 0 Å². The summed E-state index contributed by atoms with van der Waals surface area (Å²) in [5, 5.41) is 29.2. The van der Waals surface area contributed by atoms with Crippen LogP contribution in [0.3, 0.4) is 0 Å². The van der Waals surface area contributed by atoms with Gasteiger partial charge in [-0.05, 0) is 23.3 Å². The number of aromatic hydroxyl groups is 2. The number of aliphatic carboxylic acids is 1. The lowest BCUT2D eigenvalue weighted by atomic mass is 9.77. The maximum absolute atomic E-state index is 11.5. The van der Waals surface area contributed by atoms with Gasteiger partial charge in [0.25, 0.3) is 0 Å². The summed E-state index contributed by atoms with van der Waals surface area (Å²) in [5.74, 6) is -1.70. The number of phenols is 2. The highest BCUT2D eigenvalue weighted by Crippen LogP contribution is 2.42. The maximum atomic E-state index is 11.5. The number of hydrogen-bond donors (Lipinski definition) is 3. The molecule has 0 aliphatic heterocycles. The summed E-state index contributed by atoms with van der Waals surface area (Å²) < 4.78 is 0. The molecule has 3 rings (SSSR count). The summed E-state index contributed by atoms with van der Waals surface area (Å²) in [5.41, 5.74) is 2.32. The Bertz CT molecular complexity index is 624. The number of rotatable bonds is 1. The van der Waals surface area contributed by atoms with E-state index in [0.29, 0.717) is 28.7 Å². The topological polar surface area (TPSA) is 77.8 Å². The number of carbonyl (C=O) groups is 1. The van der Waals surface area contributed by atoms with Crippen LogP contribution in [0.2, 0.25) is 0 Å². The Labute approximate surface area is 109 Å². The van der Waals surface area contributed by atoms with Crippen molar-refractivity contribution in [3.05, 3.63) is 58.7 Å². The van der Waals surface area contributed by atoms with Gasteiger partial charge in [-0.1, -0.05) is 24.3 Å². The van der Waals surface area contributed by atoms with Gasteiger partial charge in [0.2, 0.25) is 0 Å². The van der Waals surface area contributed by atoms with E-state index in [1.807, 2.05) is 0 Å². The van der Waals surface area contributed by atoms with Crippen molar-refractivity contribution in [1.82, 2.24) is 0 Å². The molecule has 0 atom stereocenters. The highest BCUT2D eigenvalue weighted by atomic mass is 16.4. The minimum absolute atomic E-state index is 0.0673. The molecule has 96 valence electrons. The van der Waals surface area contributed by atoms with E-state index in [2.05, 4.69) is 0 Å². The summed E-state index contributed by atoms with van der Waals surface area (Å²) in [6, 6.07) is 9.75. The molecule has 1 aliphatic carbocycles. The van der Waals surface area contributed by atoms with Crippen molar-refractivity contribution in [2.45, 2.75) is 12.3 Å². The minimum Gasteiger partial charge on any atom is -0.508 e. The zero-order chi connectivity index (χ0) is 13.6. The van der Waals surface area contributed by atoms with E-state index >= 15 is 0 Å². The molecule has 0 radical (unpaired) electrons. The molecular formula is C15H12O4. The number of benzene rings is 2. The lowest BCUT2D eigenvalue weighted by molar-refractivity contribution is -0.137. The Balaban J connectivity index is 2.30. The quantitative estimate of drug-likeness (QED) is 0.731. The average Bonchev–Trinajstić information content (AvgIpc) is 2.37. The van der Waals surface area contributed by atoms with Crippen molar-refractivity contribution in [2.24, 2.45) is 0 Å². The number of hydrogen-bond acceptors (Lipinski definition) is 3. The first-order chi connectivity index (χ1) is 9.09. The molecule has 0 spiro atoms. The fraction of sp³-hybridized carbons (Fsp3) is 0.133. The average molecular weight is 256 g/mol. The third kappa shape index (κ3) is 1.64. The Kier molecular flexibility index (Phi) is 2.45. The van der Waals surface area contributed by atoms with Crippen molar-refractivity contribution in [1.29, 1.82) is 0 Å². The molecule has 1 aliphatic rings. The van der Waals surface area contributed by atoms with Gasteiger partial charge < -0.3 is 15.3 Å². The van der Waals surface area contributed by atoms with E-state index in [1.165, 1.54) is 12.1 Å². The first-order valence-corrected chi connectivity index (χ1v) is 5.94. The van der Waals surface area contributed by atoms with Crippen LogP contribution in [0.15, 0.2) is 36.4 Å². The molecular weight excluding hydrogens is 244 g/mol. The number of fused-ring (bicyclic) bond motifs is 2. The molecule has 19 heavy (non-hydrogen) atoms. The van der Waals surface area contributed by atoms with E-state index in [1.54, 1.807) is 24.3 Å². The molecule has 0 bridgehead atoms. The zero-order valence-corrected chi connectivity index (χ0v) is 10.00. The monoisotopic (exact) mass is 256 g/mol. The number of phenolic OH excluding ortho intramolecular Hbond substituents is 2. The lowest BCUT2D eigenvalue weighted by Gasteiger charge is -2.26. The summed E-state index contributed by atoms with van der Waals surface area (Å²) in [6.07, 6.45) is 0.341. The van der Waals surface area contributed by atoms with Gasteiger partial charge in [0.05, 0.1) is 0 Å². The second kappa shape index (κ2) is 4.02. The van der Waals surface area contributed by atoms with E-state index in [-0.39, 0.29) is 11.5 Å². The van der Waals surface area contributed by atoms with Gasteiger partial charge in [0, 0.05) is 17.5 Å². The van der Waals surface area contributed by atoms with Gasteiger partial charge >= 0.3 is 5.97 Å². The normalized spacial score (nSPS) is 13.7. The highest BCUT2D eigenvalue weighted by Gasteiger charge is 2.33. The van der Waals surface area contributed by atoms with Crippen LogP contribution >= 0.6 is 0 Å². The molecule has 2 aromatic carbocycles. The smallest absolute Gasteiger partial charge is 0.315 e. The molecule has 2 aromatic rings. The largest absolute Gasteiger partial charge is 0.508 e. The molecule has 0 fully saturated rings. The predicted molar refractivity (Wildman–Crippen MR) is 68.5 cm³/mol. The summed E-state index contributed by atoms with van der Waals surface area (Å²) in [7, 11) is 0. The van der Waals surface area contributed by atoms with E-state index in [4.69, 9.17) is 0 Å². The highest BCUT2D eigenvalue weighted by molar-refractivity contribution is 5.83. The molecule has 0 saturated carbocycles. The molecule has 0 saturated heterocycles. The Hall–Kier alpha value is -2.49. The van der Waals surface area contributed by atoms with E-state index < -0.39 is 11.9 Å². The van der Waals surface area contributed by atoms with Crippen LogP contribution < -0.4 is 0 Å². The predicted octanol–water partition coefficient (Wildman–Crippen LogP) is 2.22. The van der Waals surface area contributed by atoms with E-state index in [0.717, 1.165) is 0 Å². The van der Waals surface area contributed by atoms with Gasteiger partial charge in [-0.3, -0.25) is 4.79 Å². The molecule has 3 N–H and O–H groups in total. The maximum Gasteiger partial charge on any atom is 0.315 e. The Morgan fingerprint density at radius 3 is 1.84 bits per heavy atom. The molecule has 4 heteroatoms. The van der Waals surface area contributed by atoms with Crippen molar-refractivity contribution in [3.63, 3.8) is 0 Å². The number of carboxylic acid groups (broad SMARTS) is 1. The molecule has 0 amide bonds. The first-order valence-electron chi connectivity index (χ1n) is 5.94. The van der Waals surface area contributed by atoms with Crippen molar-refractivity contribution in [3.8, 4) is 11.5 Å². The Morgan fingerprint density at radius 1 is 0.947 bits per heavy atom. The van der Waals surface area contributed by atoms with Crippen LogP contribution in [-0.4, -0.2) is 21.3 Å². The first kappa shape index (κ1) is 11.6. The second-order valence-electron chi connectivity index (χ2n) is 4.64. The third-order valence-corrected chi connectivity index (χ3v) is 3.60. The van der Waals surface area contributed by atoms with Gasteiger partial charge in [-0.2, -0.15) is 0 Å². The standard InChI is InChI=1S/C15H12O4/c16-12-5-1-3-8-10(12)7-11-9(14(8)15(18)19)4-2-6-13(11)17/h1-6,14,16-17H,7H2,(H,18,19). The van der Waals surface area contributed by atoms with Crippen molar-refractivity contribution < 1.29 is 20.1 Å². The van der Waals surface area contributed by atoms with Gasteiger partial charge in [0.15, 0.2) is 0 Å². The van der Waals surface area contributed by atoms with Crippen LogP contribution in [-0.2, 0) is 11.2 Å². The van der Waals surface area contributed by atoms with Crippen LogP contribution in [0.5, 0.6) is 11.5 Å². The molecule has 0 aromatic heterocycles. The van der Waals surface area contributed by atoms with E-state index in [9.17, 15) is 20.1 Å². The summed E-state index contributed by atoms with van der Waals surface area (Å²) >= 11 is 0. The fourth-order valence-electron chi connectivity index (χ4n) is 2.72. The lowest BCUT2D eigenvalue weighted by Crippen LogP contribution is -2.21. The fourth-order valence-corrected chi connectivity index (χ4v) is 2.72. The zero-order valence-electron chi connectivity index (χ0n) is 10.00. The summed E-state index contributed by atoms with van der Waals surface area (Å²) in [4.78, 5) is 11.5. The molecule has 0 unspecified atom stereocenters. The Morgan fingerprint density at radius 2 is 1.42 bits per heavy atom. The molecule has 0 heterocycles. The third-order valence-electron chi connectivity index (χ3n) is 3.60. The van der Waals surface area contributed by atoms with Gasteiger partial charge in [-0.15, -0.1) is 0 Å². The second-order valence-corrected chi connectivity index (χ2v) is 4.64. The molecule has 4 nitrogen and oxygen atoms in total. The van der Waals surface area contributed by atoms with Gasteiger partial charge in [0.1, 0.15) is 17.4 Å². The van der Waals surface area contributed by atoms with Crippen LogP contribution in [0.1, 0.15) is 28.2 Å². The number of carboxylic acids is 1. The van der Waals surface area contributed by atoms with Crippen LogP contribution in [0.4, 0.5) is 0 Å². The SMILES string of the molecule is O=C(O)C1c2cccc(O)c2Cc2c(O)cccc21. The van der Waals surface area contributed by atoms with Crippen LogP contribution in [0.25, 0.3) is 0 Å². The minimum atomic E-state index is -0.988. The van der Waals surface area contributed by atoms with Crippen LogP contribution in [0, 0.1) is 0 Å².